The van der Waals surface area contributed by atoms with Crippen LogP contribution in [0.1, 0.15) is 6.42 Å². The molecule has 1 rings (SSSR count). The Kier molecular flexibility index (Phi) is 2.10. The monoisotopic (exact) mass is 136 g/mol. The van der Waals surface area contributed by atoms with Crippen LogP contribution in [0.5, 0.6) is 0 Å². The fourth-order valence-electron chi connectivity index (χ4n) is 1.05. The molecule has 0 bridgehead atoms. The first-order valence-electron chi connectivity index (χ1n) is 3.38. The average Bonchev–Trinajstić information content (AvgIpc) is 2.33. The summed E-state index contributed by atoms with van der Waals surface area (Å²) in [6.07, 6.45) is 2.81. The third kappa shape index (κ3) is 1.60. The molecule has 1 atom stereocenters. The highest BCUT2D eigenvalue weighted by Crippen LogP contribution is 2.10. The van der Waals surface area contributed by atoms with Gasteiger partial charge in [0.2, 0.25) is 0 Å². The first kappa shape index (κ1) is 7.33. The smallest absolute Gasteiger partial charge is 0.0559 e. The predicted molar refractivity (Wildman–Crippen MR) is 41.6 cm³/mol. The van der Waals surface area contributed by atoms with Gasteiger partial charge in [0.25, 0.3) is 0 Å². The van der Waals surface area contributed by atoms with E-state index >= 15 is 0 Å². The van der Waals surface area contributed by atoms with E-state index in [-0.39, 0.29) is 5.54 Å². The molecule has 1 fully saturated rings. The Morgan fingerprint density at radius 1 is 1.70 bits per heavy atom. The summed E-state index contributed by atoms with van der Waals surface area (Å²) in [5.41, 5.74) is 11.0. The zero-order chi connectivity index (χ0) is 7.45. The second kappa shape index (κ2) is 2.87. The summed E-state index contributed by atoms with van der Waals surface area (Å²) in [5, 5.41) is 3.18. The minimum atomic E-state index is -0.204. The summed E-state index contributed by atoms with van der Waals surface area (Å²) in [6.45, 7) is 5.24. The minimum Gasteiger partial charge on any atom is -0.320 e. The molecule has 1 unspecified atom stereocenters. The fraction of sp³-hybridized carbons (Fsp3) is 0.500. The molecule has 0 aliphatic carbocycles. The molecule has 3 N–H and O–H groups in total. The van der Waals surface area contributed by atoms with Gasteiger partial charge >= 0.3 is 0 Å². The molecule has 10 heavy (non-hydrogen) atoms. The minimum absolute atomic E-state index is 0.204. The van der Waals surface area contributed by atoms with Crippen molar-refractivity contribution < 1.29 is 0 Å². The van der Waals surface area contributed by atoms with Crippen LogP contribution in [-0.2, 0) is 0 Å². The summed E-state index contributed by atoms with van der Waals surface area (Å²) in [4.78, 5) is 0. The Morgan fingerprint density at radius 2 is 2.50 bits per heavy atom. The molecule has 1 aliphatic rings. The standard InChI is InChI=1S/C8H12N2/c1-2-3-4-8(9)5-6-10-7-8/h4,10H,1,5-7,9H2. The van der Waals surface area contributed by atoms with Crippen molar-refractivity contribution in [3.8, 4) is 0 Å². The van der Waals surface area contributed by atoms with Crippen LogP contribution in [0, 0.1) is 0 Å². The molecular weight excluding hydrogens is 124 g/mol. The lowest BCUT2D eigenvalue weighted by molar-refractivity contribution is 0.585. The number of hydrogen-bond acceptors (Lipinski definition) is 2. The number of rotatable bonds is 1. The second-order valence-electron chi connectivity index (χ2n) is 2.63. The summed E-state index contributed by atoms with van der Waals surface area (Å²) in [6, 6.07) is 0. The van der Waals surface area contributed by atoms with Crippen molar-refractivity contribution in [3.63, 3.8) is 0 Å². The molecule has 1 saturated heterocycles. The summed E-state index contributed by atoms with van der Waals surface area (Å²) in [7, 11) is 0. The molecule has 0 aromatic carbocycles. The molecule has 1 aliphatic heterocycles. The maximum Gasteiger partial charge on any atom is 0.0559 e. The topological polar surface area (TPSA) is 38.0 Å². The molecule has 0 radical (unpaired) electrons. The van der Waals surface area contributed by atoms with Gasteiger partial charge in [0.05, 0.1) is 5.54 Å². The molecule has 0 saturated carbocycles. The van der Waals surface area contributed by atoms with Crippen molar-refractivity contribution in [1.29, 1.82) is 0 Å². The van der Waals surface area contributed by atoms with E-state index in [2.05, 4.69) is 23.4 Å². The zero-order valence-electron chi connectivity index (χ0n) is 5.98. The molecule has 0 aromatic heterocycles. The lowest BCUT2D eigenvalue weighted by Crippen LogP contribution is -2.39. The van der Waals surface area contributed by atoms with Crippen LogP contribution in [0.15, 0.2) is 24.1 Å². The van der Waals surface area contributed by atoms with Crippen LogP contribution < -0.4 is 11.1 Å². The van der Waals surface area contributed by atoms with Crippen molar-refractivity contribution in [3.05, 3.63) is 24.1 Å². The molecule has 0 spiro atoms. The Labute approximate surface area is 61.1 Å². The van der Waals surface area contributed by atoms with E-state index in [0.29, 0.717) is 0 Å². The van der Waals surface area contributed by atoms with E-state index in [9.17, 15) is 0 Å². The van der Waals surface area contributed by atoms with Crippen molar-refractivity contribution in [1.82, 2.24) is 5.32 Å². The summed E-state index contributed by atoms with van der Waals surface area (Å²) in [5.74, 6) is 0. The molecule has 2 heteroatoms. The van der Waals surface area contributed by atoms with E-state index in [1.807, 2.05) is 6.08 Å². The molecule has 54 valence electrons. The highest BCUT2D eigenvalue weighted by molar-refractivity contribution is 5.08. The van der Waals surface area contributed by atoms with Gasteiger partial charge in [0.15, 0.2) is 0 Å². The first-order chi connectivity index (χ1) is 4.77. The van der Waals surface area contributed by atoms with E-state index < -0.39 is 0 Å². The van der Waals surface area contributed by atoms with Crippen LogP contribution in [0.2, 0.25) is 0 Å². The molecule has 1 heterocycles. The normalized spacial score (nSPS) is 30.9. The number of nitrogens with one attached hydrogen (secondary N) is 1. The molecular formula is C8H12N2. The van der Waals surface area contributed by atoms with Crippen LogP contribution in [-0.4, -0.2) is 18.6 Å². The van der Waals surface area contributed by atoms with Gasteiger partial charge in [-0.2, -0.15) is 0 Å². The summed E-state index contributed by atoms with van der Waals surface area (Å²) < 4.78 is 0. The van der Waals surface area contributed by atoms with Gasteiger partial charge in [-0.05, 0) is 25.6 Å². The molecule has 0 amide bonds. The third-order valence-electron chi connectivity index (χ3n) is 1.68. The third-order valence-corrected chi connectivity index (χ3v) is 1.68. The maximum atomic E-state index is 5.90. The fourth-order valence-corrected chi connectivity index (χ4v) is 1.05. The quantitative estimate of drug-likeness (QED) is 0.504. The van der Waals surface area contributed by atoms with Crippen LogP contribution in [0.25, 0.3) is 0 Å². The molecule has 0 aromatic rings. The lowest BCUT2D eigenvalue weighted by atomic mass is 10.0. The number of nitrogens with two attached hydrogens (primary N) is 1. The maximum absolute atomic E-state index is 5.90. The van der Waals surface area contributed by atoms with E-state index in [4.69, 9.17) is 5.73 Å². The van der Waals surface area contributed by atoms with E-state index in [1.165, 1.54) is 0 Å². The Hall–Kier alpha value is -0.780. The van der Waals surface area contributed by atoms with Gasteiger partial charge in [0, 0.05) is 6.54 Å². The Morgan fingerprint density at radius 3 is 3.00 bits per heavy atom. The highest BCUT2D eigenvalue weighted by atomic mass is 15.0. The predicted octanol–water partition coefficient (Wildman–Crippen LogP) is 0.173. The Bertz CT molecular complexity index is 189. The van der Waals surface area contributed by atoms with Crippen LogP contribution in [0.4, 0.5) is 0 Å². The van der Waals surface area contributed by atoms with Gasteiger partial charge in [-0.1, -0.05) is 11.5 Å². The lowest BCUT2D eigenvalue weighted by Gasteiger charge is -2.14. The van der Waals surface area contributed by atoms with Gasteiger partial charge in [-0.25, -0.2) is 0 Å². The van der Waals surface area contributed by atoms with E-state index in [1.54, 1.807) is 0 Å². The van der Waals surface area contributed by atoms with Gasteiger partial charge in [-0.3, -0.25) is 0 Å². The SMILES string of the molecule is C=C=C=CC1(N)CCNC1. The Balaban J connectivity index is 2.68. The van der Waals surface area contributed by atoms with Gasteiger partial charge in [-0.15, -0.1) is 0 Å². The van der Waals surface area contributed by atoms with Crippen molar-refractivity contribution in [2.24, 2.45) is 5.73 Å². The highest BCUT2D eigenvalue weighted by Gasteiger charge is 2.25. The van der Waals surface area contributed by atoms with Crippen LogP contribution >= 0.6 is 0 Å². The van der Waals surface area contributed by atoms with Crippen LogP contribution in [0.3, 0.4) is 0 Å². The van der Waals surface area contributed by atoms with E-state index in [0.717, 1.165) is 19.5 Å². The largest absolute Gasteiger partial charge is 0.320 e. The zero-order valence-corrected chi connectivity index (χ0v) is 5.98. The average molecular weight is 136 g/mol. The molecule has 2 nitrogen and oxygen atoms in total. The summed E-state index contributed by atoms with van der Waals surface area (Å²) >= 11 is 0. The van der Waals surface area contributed by atoms with Crippen molar-refractivity contribution in [2.75, 3.05) is 13.1 Å². The number of hydrogen-bond donors (Lipinski definition) is 2. The van der Waals surface area contributed by atoms with Gasteiger partial charge in [0.1, 0.15) is 0 Å². The van der Waals surface area contributed by atoms with Crippen molar-refractivity contribution >= 4 is 0 Å². The first-order valence-corrected chi connectivity index (χ1v) is 3.38. The van der Waals surface area contributed by atoms with Crippen molar-refractivity contribution in [2.45, 2.75) is 12.0 Å². The second-order valence-corrected chi connectivity index (χ2v) is 2.63. The van der Waals surface area contributed by atoms with Gasteiger partial charge < -0.3 is 11.1 Å².